The average Bonchev–Trinajstić information content (AvgIpc) is 2.16. The molecule has 86 valence electrons. The summed E-state index contributed by atoms with van der Waals surface area (Å²) in [7, 11) is 0. The third-order valence-electron chi connectivity index (χ3n) is 1.68. The topological polar surface area (TPSA) is 58.2 Å². The molecular weight excluding hydrogens is 342 g/mol. The van der Waals surface area contributed by atoms with Crippen LogP contribution in [0.3, 0.4) is 0 Å². The molecule has 1 aromatic carbocycles. The fourth-order valence-corrected chi connectivity index (χ4v) is 1.54. The summed E-state index contributed by atoms with van der Waals surface area (Å²) in [6, 6.07) is 6.64. The van der Waals surface area contributed by atoms with Crippen LogP contribution < -0.4 is 10.6 Å². The number of anilines is 1. The molecule has 0 aliphatic carbocycles. The molecule has 0 saturated carbocycles. The Hall–Kier alpha value is -0.820. The van der Waals surface area contributed by atoms with Gasteiger partial charge in [0.05, 0.1) is 0 Å². The zero-order chi connectivity index (χ0) is 12.1. The molecule has 0 saturated heterocycles. The maximum atomic E-state index is 11.3. The van der Waals surface area contributed by atoms with Gasteiger partial charge in [0.2, 0.25) is 5.91 Å². The SMILES string of the molecule is CC(Cl)C(=O)NC(=O)Nc1cccc(I)c1. The van der Waals surface area contributed by atoms with Crippen LogP contribution in [0.2, 0.25) is 0 Å². The third kappa shape index (κ3) is 4.36. The van der Waals surface area contributed by atoms with Crippen LogP contribution in [0, 0.1) is 3.57 Å². The fraction of sp³-hybridized carbons (Fsp3) is 0.200. The molecule has 1 unspecified atom stereocenters. The summed E-state index contributed by atoms with van der Waals surface area (Å²) in [6.45, 7) is 1.50. The smallest absolute Gasteiger partial charge is 0.308 e. The van der Waals surface area contributed by atoms with Gasteiger partial charge in [0.15, 0.2) is 0 Å². The molecule has 0 aliphatic rings. The monoisotopic (exact) mass is 352 g/mol. The molecule has 6 heteroatoms. The minimum absolute atomic E-state index is 0.523. The van der Waals surface area contributed by atoms with E-state index in [9.17, 15) is 9.59 Å². The van der Waals surface area contributed by atoms with Gasteiger partial charge in [-0.3, -0.25) is 10.1 Å². The molecule has 4 nitrogen and oxygen atoms in total. The molecule has 0 bridgehead atoms. The summed E-state index contributed by atoms with van der Waals surface area (Å²) < 4.78 is 0.993. The Morgan fingerprint density at radius 2 is 2.12 bits per heavy atom. The summed E-state index contributed by atoms with van der Waals surface area (Å²) in [6.07, 6.45) is 0. The molecule has 0 heterocycles. The Labute approximate surface area is 112 Å². The minimum Gasteiger partial charge on any atom is -0.308 e. The highest BCUT2D eigenvalue weighted by atomic mass is 127. The number of rotatable bonds is 2. The van der Waals surface area contributed by atoms with E-state index in [1.165, 1.54) is 6.92 Å². The number of hydrogen-bond donors (Lipinski definition) is 2. The maximum Gasteiger partial charge on any atom is 0.325 e. The van der Waals surface area contributed by atoms with Crippen molar-refractivity contribution in [1.29, 1.82) is 0 Å². The van der Waals surface area contributed by atoms with Gasteiger partial charge in [0.25, 0.3) is 0 Å². The van der Waals surface area contributed by atoms with Gasteiger partial charge in [0, 0.05) is 9.26 Å². The van der Waals surface area contributed by atoms with E-state index in [2.05, 4.69) is 33.2 Å². The summed E-state index contributed by atoms with van der Waals surface area (Å²) in [5.41, 5.74) is 0.624. The second-order valence-electron chi connectivity index (χ2n) is 3.07. The highest BCUT2D eigenvalue weighted by Gasteiger charge is 2.12. The second kappa shape index (κ2) is 6.05. The molecule has 3 amide bonds. The lowest BCUT2D eigenvalue weighted by Crippen LogP contribution is -2.38. The van der Waals surface area contributed by atoms with Gasteiger partial charge in [-0.05, 0) is 47.7 Å². The number of amides is 3. The van der Waals surface area contributed by atoms with Crippen LogP contribution in [0.4, 0.5) is 10.5 Å². The van der Waals surface area contributed by atoms with Gasteiger partial charge >= 0.3 is 6.03 Å². The molecule has 0 aliphatic heterocycles. The Morgan fingerprint density at radius 3 is 2.69 bits per heavy atom. The molecule has 16 heavy (non-hydrogen) atoms. The van der Waals surface area contributed by atoms with Crippen molar-refractivity contribution in [1.82, 2.24) is 5.32 Å². The minimum atomic E-state index is -0.735. The maximum absolute atomic E-state index is 11.3. The summed E-state index contributed by atoms with van der Waals surface area (Å²) >= 11 is 7.64. The quantitative estimate of drug-likeness (QED) is 0.635. The lowest BCUT2D eigenvalue weighted by Gasteiger charge is -2.07. The first-order valence-electron chi connectivity index (χ1n) is 4.50. The third-order valence-corrected chi connectivity index (χ3v) is 2.55. The number of carbonyl (C=O) groups is 2. The first kappa shape index (κ1) is 13.2. The zero-order valence-corrected chi connectivity index (χ0v) is 11.4. The van der Waals surface area contributed by atoms with Crippen molar-refractivity contribution in [2.45, 2.75) is 12.3 Å². The number of nitrogens with one attached hydrogen (secondary N) is 2. The van der Waals surface area contributed by atoms with Crippen molar-refractivity contribution < 1.29 is 9.59 Å². The van der Waals surface area contributed by atoms with Crippen LogP contribution in [-0.4, -0.2) is 17.3 Å². The van der Waals surface area contributed by atoms with Crippen molar-refractivity contribution in [3.63, 3.8) is 0 Å². The Balaban J connectivity index is 2.55. The second-order valence-corrected chi connectivity index (χ2v) is 4.97. The number of alkyl halides is 1. The Bertz CT molecular complexity index is 410. The van der Waals surface area contributed by atoms with Gasteiger partial charge in [-0.25, -0.2) is 4.79 Å². The molecule has 1 atom stereocenters. The van der Waals surface area contributed by atoms with Crippen molar-refractivity contribution in [2.24, 2.45) is 0 Å². The fourth-order valence-electron chi connectivity index (χ4n) is 0.940. The number of benzene rings is 1. The molecule has 0 fully saturated rings. The average molecular weight is 353 g/mol. The first-order chi connectivity index (χ1) is 7.49. The number of hydrogen-bond acceptors (Lipinski definition) is 2. The molecule has 0 aromatic heterocycles. The van der Waals surface area contributed by atoms with Gasteiger partial charge in [-0.2, -0.15) is 0 Å². The van der Waals surface area contributed by atoms with E-state index in [1.807, 2.05) is 12.1 Å². The molecule has 1 aromatic rings. The van der Waals surface area contributed by atoms with Crippen molar-refractivity contribution in [2.75, 3.05) is 5.32 Å². The molecule has 0 radical (unpaired) electrons. The zero-order valence-electron chi connectivity index (χ0n) is 8.46. The highest BCUT2D eigenvalue weighted by Crippen LogP contribution is 2.11. The van der Waals surface area contributed by atoms with Crippen molar-refractivity contribution in [3.05, 3.63) is 27.8 Å². The van der Waals surface area contributed by atoms with Crippen LogP contribution in [-0.2, 0) is 4.79 Å². The van der Waals surface area contributed by atoms with Crippen molar-refractivity contribution in [3.8, 4) is 0 Å². The van der Waals surface area contributed by atoms with E-state index >= 15 is 0 Å². The van der Waals surface area contributed by atoms with Crippen LogP contribution in [0.15, 0.2) is 24.3 Å². The number of carbonyl (C=O) groups excluding carboxylic acids is 2. The van der Waals surface area contributed by atoms with Gasteiger partial charge in [-0.1, -0.05) is 6.07 Å². The van der Waals surface area contributed by atoms with Gasteiger partial charge < -0.3 is 5.32 Å². The van der Waals surface area contributed by atoms with E-state index in [4.69, 9.17) is 11.6 Å². The standard InChI is InChI=1S/C10H10ClIN2O2/c1-6(11)9(15)14-10(16)13-8-4-2-3-7(12)5-8/h2-6H,1H3,(H2,13,14,15,16). The number of urea groups is 1. The molecule has 2 N–H and O–H groups in total. The van der Waals surface area contributed by atoms with E-state index in [-0.39, 0.29) is 0 Å². The van der Waals surface area contributed by atoms with E-state index in [0.29, 0.717) is 5.69 Å². The van der Waals surface area contributed by atoms with E-state index < -0.39 is 17.3 Å². The summed E-state index contributed by atoms with van der Waals surface area (Å²) in [5.74, 6) is -0.523. The van der Waals surface area contributed by atoms with E-state index in [0.717, 1.165) is 3.57 Å². The summed E-state index contributed by atoms with van der Waals surface area (Å²) in [5, 5.41) is 3.92. The largest absolute Gasteiger partial charge is 0.325 e. The predicted octanol–water partition coefficient (Wildman–Crippen LogP) is 2.57. The van der Waals surface area contributed by atoms with Gasteiger partial charge in [0.1, 0.15) is 5.38 Å². The number of imide groups is 1. The Morgan fingerprint density at radius 1 is 1.44 bits per heavy atom. The van der Waals surface area contributed by atoms with Crippen LogP contribution in [0.1, 0.15) is 6.92 Å². The van der Waals surface area contributed by atoms with Gasteiger partial charge in [-0.15, -0.1) is 11.6 Å². The number of halogens is 2. The molecular formula is C10H10ClIN2O2. The molecule has 0 spiro atoms. The van der Waals surface area contributed by atoms with Crippen LogP contribution in [0.5, 0.6) is 0 Å². The van der Waals surface area contributed by atoms with Crippen LogP contribution in [0.25, 0.3) is 0 Å². The summed E-state index contributed by atoms with van der Waals surface area (Å²) in [4.78, 5) is 22.4. The molecule has 1 rings (SSSR count). The Kier molecular flexibility index (Phi) is 5.01. The highest BCUT2D eigenvalue weighted by molar-refractivity contribution is 14.1. The lowest BCUT2D eigenvalue weighted by molar-refractivity contribution is -0.119. The normalized spacial score (nSPS) is 11.7. The predicted molar refractivity (Wildman–Crippen MR) is 71.6 cm³/mol. The van der Waals surface area contributed by atoms with Crippen molar-refractivity contribution >= 4 is 51.8 Å². The first-order valence-corrected chi connectivity index (χ1v) is 6.02. The lowest BCUT2D eigenvalue weighted by atomic mass is 10.3. The van der Waals surface area contributed by atoms with E-state index in [1.54, 1.807) is 12.1 Å². The van der Waals surface area contributed by atoms with Crippen LogP contribution >= 0.6 is 34.2 Å².